The van der Waals surface area contributed by atoms with Crippen molar-refractivity contribution in [1.29, 1.82) is 0 Å². The fraction of sp³-hybridized carbons (Fsp3) is 0.308. The average Bonchev–Trinajstić information content (AvgIpc) is 2.68. The Bertz CT molecular complexity index is 560. The molecule has 1 aliphatic rings. The van der Waals surface area contributed by atoms with E-state index in [0.29, 0.717) is 0 Å². The van der Waals surface area contributed by atoms with Crippen LogP contribution in [0.4, 0.5) is 0 Å². The van der Waals surface area contributed by atoms with Gasteiger partial charge in [-0.1, -0.05) is 12.1 Å². The van der Waals surface area contributed by atoms with E-state index < -0.39 is 0 Å². The second-order valence-corrected chi connectivity index (χ2v) is 4.37. The number of nitrogens with zero attached hydrogens (tertiary/aromatic N) is 2. The largest absolute Gasteiger partial charge is 0.508 e. The Morgan fingerprint density at radius 3 is 3.12 bits per heavy atom. The van der Waals surface area contributed by atoms with Gasteiger partial charge < -0.3 is 10.4 Å². The Morgan fingerprint density at radius 2 is 2.29 bits per heavy atom. The third-order valence-electron chi connectivity index (χ3n) is 3.24. The first-order valence-corrected chi connectivity index (χ1v) is 5.80. The van der Waals surface area contributed by atoms with Crippen molar-refractivity contribution in [1.82, 2.24) is 15.1 Å². The predicted molar refractivity (Wildman–Crippen MR) is 65.7 cm³/mol. The third-order valence-corrected chi connectivity index (χ3v) is 3.24. The van der Waals surface area contributed by atoms with E-state index >= 15 is 0 Å². The number of aromatic hydroxyl groups is 1. The van der Waals surface area contributed by atoms with Crippen LogP contribution in [0.2, 0.25) is 0 Å². The van der Waals surface area contributed by atoms with Gasteiger partial charge in [0.25, 0.3) is 0 Å². The number of aromatic nitrogens is 2. The number of hydrogen-bond acceptors (Lipinski definition) is 3. The molecule has 0 aliphatic carbocycles. The van der Waals surface area contributed by atoms with Crippen molar-refractivity contribution in [3.8, 4) is 17.0 Å². The van der Waals surface area contributed by atoms with Gasteiger partial charge in [-0.15, -0.1) is 0 Å². The minimum atomic E-state index is 0.288. The first kappa shape index (κ1) is 10.4. The molecule has 1 aromatic carbocycles. The Morgan fingerprint density at radius 1 is 1.41 bits per heavy atom. The lowest BCUT2D eigenvalue weighted by molar-refractivity contribution is 0.475. The van der Waals surface area contributed by atoms with Crippen LogP contribution in [-0.2, 0) is 20.0 Å². The van der Waals surface area contributed by atoms with E-state index in [1.165, 1.54) is 11.3 Å². The van der Waals surface area contributed by atoms with Crippen molar-refractivity contribution in [2.24, 2.45) is 7.05 Å². The van der Waals surface area contributed by atoms with Crippen molar-refractivity contribution < 1.29 is 5.11 Å². The quantitative estimate of drug-likeness (QED) is 0.778. The minimum absolute atomic E-state index is 0.288. The zero-order valence-corrected chi connectivity index (χ0v) is 9.77. The van der Waals surface area contributed by atoms with E-state index in [-0.39, 0.29) is 5.75 Å². The van der Waals surface area contributed by atoms with Crippen LogP contribution in [0.25, 0.3) is 11.3 Å². The highest BCUT2D eigenvalue weighted by molar-refractivity contribution is 5.66. The molecule has 2 aromatic rings. The van der Waals surface area contributed by atoms with Gasteiger partial charge in [-0.2, -0.15) is 5.10 Å². The molecule has 0 radical (unpaired) electrons. The molecule has 0 fully saturated rings. The van der Waals surface area contributed by atoms with Gasteiger partial charge in [0.2, 0.25) is 0 Å². The summed E-state index contributed by atoms with van der Waals surface area (Å²) in [5.41, 5.74) is 4.54. The van der Waals surface area contributed by atoms with Gasteiger partial charge in [-0.25, -0.2) is 0 Å². The normalized spacial score (nSPS) is 14.6. The molecule has 88 valence electrons. The first-order valence-electron chi connectivity index (χ1n) is 5.80. The molecule has 0 unspecified atom stereocenters. The van der Waals surface area contributed by atoms with Crippen molar-refractivity contribution in [3.05, 3.63) is 35.5 Å². The van der Waals surface area contributed by atoms with Crippen LogP contribution >= 0.6 is 0 Å². The molecular formula is C13H15N3O. The lowest BCUT2D eigenvalue weighted by Crippen LogP contribution is -2.24. The number of benzene rings is 1. The summed E-state index contributed by atoms with van der Waals surface area (Å²) in [5, 5.41) is 17.5. The van der Waals surface area contributed by atoms with Crippen LogP contribution in [0.15, 0.2) is 24.3 Å². The van der Waals surface area contributed by atoms with E-state index in [2.05, 4.69) is 10.4 Å². The van der Waals surface area contributed by atoms with Gasteiger partial charge in [0.15, 0.2) is 0 Å². The number of nitrogens with one attached hydrogen (secondary N) is 1. The molecule has 0 spiro atoms. The summed E-state index contributed by atoms with van der Waals surface area (Å²) < 4.78 is 1.93. The molecule has 1 aliphatic heterocycles. The number of phenols is 1. The van der Waals surface area contributed by atoms with Crippen molar-refractivity contribution in [3.63, 3.8) is 0 Å². The lowest BCUT2D eigenvalue weighted by Gasteiger charge is -2.14. The van der Waals surface area contributed by atoms with Crippen molar-refractivity contribution in [2.75, 3.05) is 6.54 Å². The summed E-state index contributed by atoms with van der Waals surface area (Å²) in [7, 11) is 1.97. The number of phenolic OH excluding ortho intramolecular Hbond substituents is 1. The number of rotatable bonds is 1. The highest BCUT2D eigenvalue weighted by atomic mass is 16.3. The van der Waals surface area contributed by atoms with Crippen LogP contribution in [0.3, 0.4) is 0 Å². The summed E-state index contributed by atoms with van der Waals surface area (Å²) in [4.78, 5) is 0. The summed E-state index contributed by atoms with van der Waals surface area (Å²) in [6.07, 6.45) is 0.994. The standard InChI is InChI=1S/C13H15N3O/c1-16-12-8-14-6-5-11(12)13(15-16)9-3-2-4-10(17)7-9/h2-4,7,14,17H,5-6,8H2,1H3. The van der Waals surface area contributed by atoms with Gasteiger partial charge in [0.05, 0.1) is 11.4 Å². The summed E-state index contributed by atoms with van der Waals surface area (Å²) in [5.74, 6) is 0.288. The van der Waals surface area contributed by atoms with Crippen molar-refractivity contribution >= 4 is 0 Å². The maximum Gasteiger partial charge on any atom is 0.116 e. The monoisotopic (exact) mass is 229 g/mol. The number of aryl methyl sites for hydroxylation is 1. The highest BCUT2D eigenvalue weighted by Crippen LogP contribution is 2.29. The maximum absolute atomic E-state index is 9.54. The topological polar surface area (TPSA) is 50.1 Å². The molecule has 2 heterocycles. The van der Waals surface area contributed by atoms with E-state index in [0.717, 1.165) is 30.8 Å². The SMILES string of the molecule is Cn1nc(-c2cccc(O)c2)c2c1CNCC2. The highest BCUT2D eigenvalue weighted by Gasteiger charge is 2.19. The summed E-state index contributed by atoms with van der Waals surface area (Å²) >= 11 is 0. The Labute approximate surface area is 99.9 Å². The molecular weight excluding hydrogens is 214 g/mol. The Kier molecular flexibility index (Phi) is 2.37. The summed E-state index contributed by atoms with van der Waals surface area (Å²) in [6, 6.07) is 7.29. The fourth-order valence-corrected chi connectivity index (χ4v) is 2.39. The minimum Gasteiger partial charge on any atom is -0.508 e. The van der Waals surface area contributed by atoms with Crippen LogP contribution < -0.4 is 5.32 Å². The maximum atomic E-state index is 9.54. The molecule has 1 aromatic heterocycles. The zero-order valence-electron chi connectivity index (χ0n) is 9.77. The van der Waals surface area contributed by atoms with E-state index in [1.807, 2.05) is 23.9 Å². The smallest absolute Gasteiger partial charge is 0.116 e. The Hall–Kier alpha value is -1.81. The van der Waals surface area contributed by atoms with Crippen molar-refractivity contribution in [2.45, 2.75) is 13.0 Å². The van der Waals surface area contributed by atoms with Crippen LogP contribution in [0.1, 0.15) is 11.3 Å². The fourth-order valence-electron chi connectivity index (χ4n) is 2.39. The van der Waals surface area contributed by atoms with Gasteiger partial charge in [0.1, 0.15) is 5.75 Å². The van der Waals surface area contributed by atoms with Crippen LogP contribution in [-0.4, -0.2) is 21.4 Å². The molecule has 0 bridgehead atoms. The predicted octanol–water partition coefficient (Wildman–Crippen LogP) is 1.44. The second-order valence-electron chi connectivity index (χ2n) is 4.37. The molecule has 17 heavy (non-hydrogen) atoms. The lowest BCUT2D eigenvalue weighted by atomic mass is 10.0. The number of fused-ring (bicyclic) bond motifs is 1. The van der Waals surface area contributed by atoms with Gasteiger partial charge >= 0.3 is 0 Å². The molecule has 0 saturated heterocycles. The molecule has 0 atom stereocenters. The zero-order chi connectivity index (χ0) is 11.8. The molecule has 3 rings (SSSR count). The van der Waals surface area contributed by atoms with E-state index in [1.54, 1.807) is 12.1 Å². The third kappa shape index (κ3) is 1.70. The Balaban J connectivity index is 2.15. The van der Waals surface area contributed by atoms with Crippen LogP contribution in [0, 0.1) is 0 Å². The molecule has 2 N–H and O–H groups in total. The molecule has 0 amide bonds. The number of hydrogen-bond donors (Lipinski definition) is 2. The summed E-state index contributed by atoms with van der Waals surface area (Å²) in [6.45, 7) is 1.86. The molecule has 4 heteroatoms. The molecule has 0 saturated carbocycles. The van der Waals surface area contributed by atoms with Gasteiger partial charge in [-0.3, -0.25) is 4.68 Å². The van der Waals surface area contributed by atoms with E-state index in [4.69, 9.17) is 0 Å². The second kappa shape index (κ2) is 3.89. The first-order chi connectivity index (χ1) is 8.25. The van der Waals surface area contributed by atoms with Gasteiger partial charge in [0, 0.05) is 24.7 Å². The molecule has 4 nitrogen and oxygen atoms in total. The van der Waals surface area contributed by atoms with E-state index in [9.17, 15) is 5.11 Å². The van der Waals surface area contributed by atoms with Gasteiger partial charge in [-0.05, 0) is 25.1 Å². The van der Waals surface area contributed by atoms with Crippen LogP contribution in [0.5, 0.6) is 5.75 Å². The average molecular weight is 229 g/mol.